The van der Waals surface area contributed by atoms with E-state index in [0.717, 1.165) is 16.8 Å². The molecular weight excluding hydrogens is 352 g/mol. The molecule has 8 heteroatoms. The maximum absolute atomic E-state index is 13.1. The number of carbonyl (C=O) groups excluding carboxylic acids is 1. The van der Waals surface area contributed by atoms with Crippen LogP contribution >= 0.6 is 0 Å². The van der Waals surface area contributed by atoms with Crippen LogP contribution in [0.3, 0.4) is 0 Å². The van der Waals surface area contributed by atoms with Gasteiger partial charge in [-0.15, -0.1) is 0 Å². The van der Waals surface area contributed by atoms with Gasteiger partial charge in [0.2, 0.25) is 5.91 Å². The summed E-state index contributed by atoms with van der Waals surface area (Å²) in [6, 6.07) is 9.35. The summed E-state index contributed by atoms with van der Waals surface area (Å²) in [5.41, 5.74) is 3.12. The molecule has 1 aliphatic carbocycles. The standard InChI is InChI=1S/C19H19F2N5O/c1-11-4-3-5-14(6-11)26-10-13(9-22-26)12(2)18(27)23-17-7-16(24-25-17)15-8-19(15,20)21/h3-7,9-10,12,15H,8H2,1-2H3,(H2,23,24,25,27)/t12-,15-/m1/s1. The molecule has 6 nitrogen and oxygen atoms in total. The van der Waals surface area contributed by atoms with Crippen LogP contribution in [-0.2, 0) is 4.79 Å². The molecule has 140 valence electrons. The molecule has 3 aromatic rings. The van der Waals surface area contributed by atoms with Crippen molar-refractivity contribution in [3.05, 3.63) is 59.5 Å². The number of halogens is 2. The lowest BCUT2D eigenvalue weighted by molar-refractivity contribution is -0.117. The minimum absolute atomic E-state index is 0.183. The van der Waals surface area contributed by atoms with Gasteiger partial charge in [-0.25, -0.2) is 13.5 Å². The fourth-order valence-electron chi connectivity index (χ4n) is 2.99. The molecule has 0 saturated heterocycles. The molecule has 1 amide bonds. The Bertz CT molecular complexity index is 993. The van der Waals surface area contributed by atoms with Crippen molar-refractivity contribution in [3.8, 4) is 5.69 Å². The summed E-state index contributed by atoms with van der Waals surface area (Å²) in [5, 5.41) is 13.5. The number of aromatic nitrogens is 4. The van der Waals surface area contributed by atoms with Crippen molar-refractivity contribution in [2.45, 2.75) is 38.0 Å². The topological polar surface area (TPSA) is 75.6 Å². The van der Waals surface area contributed by atoms with Crippen LogP contribution in [0.15, 0.2) is 42.7 Å². The van der Waals surface area contributed by atoms with Gasteiger partial charge in [-0.1, -0.05) is 12.1 Å². The SMILES string of the molecule is Cc1cccc(-n2cc([C@@H](C)C(=O)Nc3cc([C@H]4CC4(F)F)[nH]n3)cn2)c1. The number of amides is 1. The number of H-pyrrole nitrogens is 1. The zero-order valence-corrected chi connectivity index (χ0v) is 14.9. The molecule has 4 rings (SSSR count). The van der Waals surface area contributed by atoms with Gasteiger partial charge in [-0.3, -0.25) is 9.89 Å². The van der Waals surface area contributed by atoms with Gasteiger partial charge in [0.1, 0.15) is 0 Å². The Morgan fingerprint density at radius 1 is 1.41 bits per heavy atom. The van der Waals surface area contributed by atoms with Gasteiger partial charge in [0.25, 0.3) is 5.92 Å². The van der Waals surface area contributed by atoms with Crippen LogP contribution < -0.4 is 5.32 Å². The Kier molecular flexibility index (Phi) is 4.05. The second kappa shape index (κ2) is 6.29. The van der Waals surface area contributed by atoms with Gasteiger partial charge in [-0.05, 0) is 31.5 Å². The number of rotatable bonds is 5. The monoisotopic (exact) mass is 371 g/mol. The number of alkyl halides is 2. The summed E-state index contributed by atoms with van der Waals surface area (Å²) in [6.07, 6.45) is 3.27. The maximum atomic E-state index is 13.1. The van der Waals surface area contributed by atoms with E-state index in [4.69, 9.17) is 0 Å². The highest BCUT2D eigenvalue weighted by atomic mass is 19.3. The summed E-state index contributed by atoms with van der Waals surface area (Å²) < 4.78 is 28.0. The maximum Gasteiger partial charge on any atom is 0.257 e. The van der Waals surface area contributed by atoms with Crippen LogP contribution in [0.5, 0.6) is 0 Å². The van der Waals surface area contributed by atoms with E-state index in [0.29, 0.717) is 5.69 Å². The van der Waals surface area contributed by atoms with Crippen LogP contribution in [-0.4, -0.2) is 31.8 Å². The van der Waals surface area contributed by atoms with Crippen LogP contribution in [0.25, 0.3) is 5.69 Å². The minimum Gasteiger partial charge on any atom is -0.309 e. The van der Waals surface area contributed by atoms with Crippen LogP contribution in [0.1, 0.15) is 42.0 Å². The quantitative estimate of drug-likeness (QED) is 0.717. The van der Waals surface area contributed by atoms with Gasteiger partial charge < -0.3 is 5.32 Å². The van der Waals surface area contributed by atoms with Crippen molar-refractivity contribution in [3.63, 3.8) is 0 Å². The molecular formula is C19H19F2N5O. The number of anilines is 1. The van der Waals surface area contributed by atoms with E-state index >= 15 is 0 Å². The number of aromatic amines is 1. The number of nitrogens with one attached hydrogen (secondary N) is 2. The molecule has 27 heavy (non-hydrogen) atoms. The highest BCUT2D eigenvalue weighted by Crippen LogP contribution is 2.55. The van der Waals surface area contributed by atoms with Crippen LogP contribution in [0.4, 0.5) is 14.6 Å². The number of carbonyl (C=O) groups is 1. The molecule has 2 heterocycles. The van der Waals surface area contributed by atoms with Gasteiger partial charge in [0, 0.05) is 29.9 Å². The highest BCUT2D eigenvalue weighted by molar-refractivity contribution is 5.94. The number of aryl methyl sites for hydroxylation is 1. The molecule has 1 aliphatic rings. The Balaban J connectivity index is 1.44. The second-order valence-electron chi connectivity index (χ2n) is 6.99. The fraction of sp³-hybridized carbons (Fsp3) is 0.316. The molecule has 0 aliphatic heterocycles. The molecule has 2 atom stereocenters. The third-order valence-corrected chi connectivity index (χ3v) is 4.81. The average Bonchev–Trinajstić information content (AvgIpc) is 3.03. The Hall–Kier alpha value is -3.03. The summed E-state index contributed by atoms with van der Waals surface area (Å²) in [5.74, 6) is -4.01. The number of hydrogen-bond acceptors (Lipinski definition) is 3. The first-order valence-corrected chi connectivity index (χ1v) is 8.69. The van der Waals surface area contributed by atoms with Gasteiger partial charge in [0.15, 0.2) is 5.82 Å². The Labute approximate surface area is 154 Å². The van der Waals surface area contributed by atoms with E-state index in [1.165, 1.54) is 6.07 Å². The third kappa shape index (κ3) is 3.47. The zero-order chi connectivity index (χ0) is 19.2. The zero-order valence-electron chi connectivity index (χ0n) is 14.9. The number of benzene rings is 1. The van der Waals surface area contributed by atoms with E-state index < -0.39 is 17.8 Å². The van der Waals surface area contributed by atoms with Crippen molar-refractivity contribution < 1.29 is 13.6 Å². The molecule has 0 unspecified atom stereocenters. The lowest BCUT2D eigenvalue weighted by Crippen LogP contribution is -2.18. The first-order valence-electron chi connectivity index (χ1n) is 8.69. The predicted octanol–water partition coefficient (Wildman–Crippen LogP) is 3.77. The lowest BCUT2D eigenvalue weighted by Gasteiger charge is -2.08. The fourth-order valence-corrected chi connectivity index (χ4v) is 2.99. The van der Waals surface area contributed by atoms with E-state index in [9.17, 15) is 13.6 Å². The lowest BCUT2D eigenvalue weighted by atomic mass is 10.0. The number of hydrogen-bond donors (Lipinski definition) is 2. The van der Waals surface area contributed by atoms with Crippen molar-refractivity contribution in [1.29, 1.82) is 0 Å². The average molecular weight is 371 g/mol. The highest BCUT2D eigenvalue weighted by Gasteiger charge is 2.58. The minimum atomic E-state index is -2.68. The summed E-state index contributed by atoms with van der Waals surface area (Å²) in [7, 11) is 0. The molecule has 0 radical (unpaired) electrons. The molecule has 1 saturated carbocycles. The van der Waals surface area contributed by atoms with Gasteiger partial charge >= 0.3 is 0 Å². The molecule has 2 N–H and O–H groups in total. The first kappa shape index (κ1) is 17.4. The summed E-state index contributed by atoms with van der Waals surface area (Å²) >= 11 is 0. The van der Waals surface area contributed by atoms with Crippen LogP contribution in [0.2, 0.25) is 0 Å². The van der Waals surface area contributed by atoms with E-state index in [1.807, 2.05) is 31.2 Å². The second-order valence-corrected chi connectivity index (χ2v) is 6.99. The molecule has 1 fully saturated rings. The molecule has 0 bridgehead atoms. The van der Waals surface area contributed by atoms with E-state index in [-0.39, 0.29) is 18.1 Å². The van der Waals surface area contributed by atoms with Crippen molar-refractivity contribution >= 4 is 11.7 Å². The molecule has 1 aromatic carbocycles. The van der Waals surface area contributed by atoms with Crippen molar-refractivity contribution in [2.75, 3.05) is 5.32 Å². The van der Waals surface area contributed by atoms with Crippen molar-refractivity contribution in [2.24, 2.45) is 0 Å². The normalized spacial score (nSPS) is 18.9. The smallest absolute Gasteiger partial charge is 0.257 e. The molecule has 0 spiro atoms. The van der Waals surface area contributed by atoms with E-state index in [2.05, 4.69) is 20.6 Å². The van der Waals surface area contributed by atoms with Crippen molar-refractivity contribution in [1.82, 2.24) is 20.0 Å². The Morgan fingerprint density at radius 3 is 2.89 bits per heavy atom. The summed E-state index contributed by atoms with van der Waals surface area (Å²) in [4.78, 5) is 12.5. The molecule has 2 aromatic heterocycles. The Morgan fingerprint density at radius 2 is 2.19 bits per heavy atom. The largest absolute Gasteiger partial charge is 0.309 e. The number of nitrogens with zero attached hydrogens (tertiary/aromatic N) is 3. The van der Waals surface area contributed by atoms with E-state index in [1.54, 1.807) is 24.0 Å². The van der Waals surface area contributed by atoms with Crippen LogP contribution in [0, 0.1) is 6.92 Å². The summed E-state index contributed by atoms with van der Waals surface area (Å²) in [6.45, 7) is 3.76. The predicted molar refractivity (Wildman–Crippen MR) is 96.2 cm³/mol. The van der Waals surface area contributed by atoms with Gasteiger partial charge in [-0.2, -0.15) is 10.2 Å². The first-order chi connectivity index (χ1) is 12.8. The van der Waals surface area contributed by atoms with Gasteiger partial charge in [0.05, 0.1) is 23.7 Å². The third-order valence-electron chi connectivity index (χ3n) is 4.81.